The molecule has 23 heavy (non-hydrogen) atoms. The second-order valence-corrected chi connectivity index (χ2v) is 5.00. The molecule has 5 nitrogen and oxygen atoms in total. The first-order chi connectivity index (χ1) is 11.0. The van der Waals surface area contributed by atoms with Gasteiger partial charge >= 0.3 is 0 Å². The monoisotopic (exact) mass is 316 g/mol. The Hall–Kier alpha value is -2.89. The zero-order chi connectivity index (χ0) is 16.8. The number of carbonyl (C=O) groups excluding carboxylic acids is 1. The van der Waals surface area contributed by atoms with Crippen molar-refractivity contribution < 1.29 is 19.0 Å². The zero-order valence-electron chi connectivity index (χ0n) is 12.8. The molecule has 0 fully saturated rings. The number of ether oxygens (including phenoxy) is 1. The van der Waals surface area contributed by atoms with E-state index in [1.165, 1.54) is 18.2 Å². The summed E-state index contributed by atoms with van der Waals surface area (Å²) in [5.74, 6) is -0.577. The summed E-state index contributed by atoms with van der Waals surface area (Å²) in [4.78, 5) is 11.7. The minimum atomic E-state index is -0.485. The number of nitrogens with one attached hydrogen (secondary N) is 1. The number of hydrogen-bond donors (Lipinski definition) is 2. The van der Waals surface area contributed by atoms with Crippen molar-refractivity contribution >= 4 is 11.6 Å². The molecule has 0 unspecified atom stereocenters. The van der Waals surface area contributed by atoms with Crippen molar-refractivity contribution in [2.75, 3.05) is 6.61 Å². The van der Waals surface area contributed by atoms with E-state index in [-0.39, 0.29) is 18.1 Å². The number of amides is 1. The third kappa shape index (κ3) is 4.81. The topological polar surface area (TPSA) is 70.9 Å². The van der Waals surface area contributed by atoms with Gasteiger partial charge in [0, 0.05) is 11.6 Å². The predicted octanol–water partition coefficient (Wildman–Crippen LogP) is 2.76. The van der Waals surface area contributed by atoms with Crippen LogP contribution in [0.1, 0.15) is 18.1 Å². The lowest BCUT2D eigenvalue weighted by atomic mass is 10.1. The summed E-state index contributed by atoms with van der Waals surface area (Å²) in [5.41, 5.74) is 4.30. The Bertz CT molecular complexity index is 744. The van der Waals surface area contributed by atoms with E-state index >= 15 is 0 Å². The molecule has 0 aliphatic heterocycles. The average Bonchev–Trinajstić information content (AvgIpc) is 2.53. The number of halogens is 1. The van der Waals surface area contributed by atoms with E-state index in [0.29, 0.717) is 11.3 Å². The molecule has 2 aromatic carbocycles. The molecule has 0 aliphatic carbocycles. The van der Waals surface area contributed by atoms with Crippen molar-refractivity contribution in [1.82, 2.24) is 5.43 Å². The molecule has 0 heterocycles. The Morgan fingerprint density at radius 1 is 1.30 bits per heavy atom. The Labute approximate surface area is 133 Å². The van der Waals surface area contributed by atoms with Crippen LogP contribution in [0.25, 0.3) is 0 Å². The van der Waals surface area contributed by atoms with Crippen LogP contribution in [0.5, 0.6) is 11.5 Å². The van der Waals surface area contributed by atoms with Crippen LogP contribution >= 0.6 is 0 Å². The summed E-state index contributed by atoms with van der Waals surface area (Å²) >= 11 is 0. The van der Waals surface area contributed by atoms with E-state index in [1.807, 2.05) is 6.92 Å². The van der Waals surface area contributed by atoms with E-state index in [4.69, 9.17) is 4.74 Å². The first-order valence-electron chi connectivity index (χ1n) is 6.97. The zero-order valence-corrected chi connectivity index (χ0v) is 12.8. The lowest BCUT2D eigenvalue weighted by Gasteiger charge is -2.07. The van der Waals surface area contributed by atoms with Gasteiger partial charge in [-0.3, -0.25) is 4.79 Å². The fourth-order valence-electron chi connectivity index (χ4n) is 1.88. The summed E-state index contributed by atoms with van der Waals surface area (Å²) in [6.07, 6.45) is 0. The molecule has 6 heteroatoms. The van der Waals surface area contributed by atoms with Gasteiger partial charge in [0.1, 0.15) is 17.3 Å². The standard InChI is InChI=1S/C17H17FN2O3/c1-11-6-7-16(21)15(8-11)12(2)19-20-17(22)10-23-14-5-3-4-13(18)9-14/h3-9,21H,10H2,1-2H3,(H,20,22)/b19-12+. The van der Waals surface area contributed by atoms with Crippen molar-refractivity contribution in [3.8, 4) is 11.5 Å². The van der Waals surface area contributed by atoms with Gasteiger partial charge in [0.25, 0.3) is 5.91 Å². The van der Waals surface area contributed by atoms with Crippen molar-refractivity contribution in [3.05, 3.63) is 59.4 Å². The van der Waals surface area contributed by atoms with Gasteiger partial charge in [-0.15, -0.1) is 0 Å². The van der Waals surface area contributed by atoms with Crippen LogP contribution in [-0.4, -0.2) is 23.3 Å². The number of benzene rings is 2. The molecule has 1 amide bonds. The normalized spacial score (nSPS) is 11.2. The number of carbonyl (C=O) groups is 1. The van der Waals surface area contributed by atoms with Gasteiger partial charge in [-0.1, -0.05) is 17.7 Å². The van der Waals surface area contributed by atoms with Crippen LogP contribution in [0.2, 0.25) is 0 Å². The number of rotatable bonds is 5. The van der Waals surface area contributed by atoms with Crippen molar-refractivity contribution in [1.29, 1.82) is 0 Å². The largest absolute Gasteiger partial charge is 0.507 e. The fourth-order valence-corrected chi connectivity index (χ4v) is 1.88. The molecule has 0 spiro atoms. The maximum Gasteiger partial charge on any atom is 0.277 e. The van der Waals surface area contributed by atoms with Crippen LogP contribution in [0.15, 0.2) is 47.6 Å². The van der Waals surface area contributed by atoms with Crippen LogP contribution in [0.4, 0.5) is 4.39 Å². The number of hydrazone groups is 1. The number of aryl methyl sites for hydroxylation is 1. The smallest absolute Gasteiger partial charge is 0.277 e. The maximum absolute atomic E-state index is 13.0. The highest BCUT2D eigenvalue weighted by Crippen LogP contribution is 2.18. The highest BCUT2D eigenvalue weighted by atomic mass is 19.1. The number of phenolic OH excluding ortho intramolecular Hbond substituents is 1. The van der Waals surface area contributed by atoms with Crippen molar-refractivity contribution in [2.24, 2.45) is 5.10 Å². The Balaban J connectivity index is 1.93. The first-order valence-corrected chi connectivity index (χ1v) is 6.97. The summed E-state index contributed by atoms with van der Waals surface area (Å²) < 4.78 is 18.1. The third-order valence-electron chi connectivity index (χ3n) is 3.06. The van der Waals surface area contributed by atoms with Gasteiger partial charge in [-0.25, -0.2) is 9.82 Å². The molecule has 0 aliphatic rings. The van der Waals surface area contributed by atoms with Gasteiger partial charge in [-0.2, -0.15) is 5.10 Å². The average molecular weight is 316 g/mol. The molecule has 0 radical (unpaired) electrons. The van der Waals surface area contributed by atoms with E-state index in [9.17, 15) is 14.3 Å². The Morgan fingerprint density at radius 3 is 2.83 bits per heavy atom. The minimum Gasteiger partial charge on any atom is -0.507 e. The lowest BCUT2D eigenvalue weighted by molar-refractivity contribution is -0.123. The summed E-state index contributed by atoms with van der Waals surface area (Å²) in [6, 6.07) is 10.6. The van der Waals surface area contributed by atoms with Gasteiger partial charge in [0.2, 0.25) is 0 Å². The molecule has 0 saturated carbocycles. The van der Waals surface area contributed by atoms with Gasteiger partial charge in [0.15, 0.2) is 6.61 Å². The van der Waals surface area contributed by atoms with Crippen LogP contribution in [0, 0.1) is 12.7 Å². The van der Waals surface area contributed by atoms with E-state index in [2.05, 4.69) is 10.5 Å². The fraction of sp³-hybridized carbons (Fsp3) is 0.176. The number of nitrogens with zero attached hydrogens (tertiary/aromatic N) is 1. The van der Waals surface area contributed by atoms with Gasteiger partial charge in [-0.05, 0) is 38.1 Å². The molecular weight excluding hydrogens is 299 g/mol. The minimum absolute atomic E-state index is 0.0853. The number of aromatic hydroxyl groups is 1. The molecule has 2 rings (SSSR count). The van der Waals surface area contributed by atoms with E-state index in [0.717, 1.165) is 5.56 Å². The van der Waals surface area contributed by atoms with E-state index < -0.39 is 11.7 Å². The number of hydrogen-bond acceptors (Lipinski definition) is 4. The van der Waals surface area contributed by atoms with Crippen LogP contribution < -0.4 is 10.2 Å². The molecule has 2 N–H and O–H groups in total. The summed E-state index contributed by atoms with van der Waals surface area (Å²) in [5, 5.41) is 13.7. The van der Waals surface area contributed by atoms with Crippen molar-refractivity contribution in [3.63, 3.8) is 0 Å². The van der Waals surface area contributed by atoms with E-state index in [1.54, 1.807) is 31.2 Å². The summed E-state index contributed by atoms with van der Waals surface area (Å²) in [6.45, 7) is 3.27. The van der Waals surface area contributed by atoms with Gasteiger partial charge in [0.05, 0.1) is 5.71 Å². The molecule has 0 aromatic heterocycles. The molecule has 120 valence electrons. The highest BCUT2D eigenvalue weighted by molar-refractivity contribution is 6.01. The molecule has 0 saturated heterocycles. The SMILES string of the molecule is C/C(=N\NC(=O)COc1cccc(F)c1)c1cc(C)ccc1O. The second kappa shape index (κ2) is 7.40. The molecule has 2 aromatic rings. The van der Waals surface area contributed by atoms with Gasteiger partial charge < -0.3 is 9.84 Å². The second-order valence-electron chi connectivity index (χ2n) is 5.00. The summed E-state index contributed by atoms with van der Waals surface area (Å²) in [7, 11) is 0. The molecular formula is C17H17FN2O3. The van der Waals surface area contributed by atoms with Crippen LogP contribution in [-0.2, 0) is 4.79 Å². The van der Waals surface area contributed by atoms with Crippen molar-refractivity contribution in [2.45, 2.75) is 13.8 Å². The van der Waals surface area contributed by atoms with Crippen LogP contribution in [0.3, 0.4) is 0 Å². The third-order valence-corrected chi connectivity index (χ3v) is 3.06. The Morgan fingerprint density at radius 2 is 2.09 bits per heavy atom. The first kappa shape index (κ1) is 16.5. The predicted molar refractivity (Wildman–Crippen MR) is 85.1 cm³/mol. The molecule has 0 atom stereocenters. The quantitative estimate of drug-likeness (QED) is 0.658. The number of phenols is 1. The maximum atomic E-state index is 13.0. The molecule has 0 bridgehead atoms. The lowest BCUT2D eigenvalue weighted by Crippen LogP contribution is -2.25. The Kier molecular flexibility index (Phi) is 5.30. The highest BCUT2D eigenvalue weighted by Gasteiger charge is 2.07.